The summed E-state index contributed by atoms with van der Waals surface area (Å²) in [6.07, 6.45) is 0.945. The molecule has 0 saturated carbocycles. The molecule has 4 heterocycles. The minimum atomic E-state index is -0.354. The normalized spacial score (nSPS) is 28.4. The Kier molecular flexibility index (Phi) is 9.16. The van der Waals surface area contributed by atoms with E-state index in [1.807, 2.05) is 0 Å². The summed E-state index contributed by atoms with van der Waals surface area (Å²) in [6.45, 7) is 7.59. The molecule has 10 nitrogen and oxygen atoms in total. The Labute approximate surface area is 193 Å². The highest BCUT2D eigenvalue weighted by molar-refractivity contribution is 5.30. The number of rotatable bonds is 16. The van der Waals surface area contributed by atoms with E-state index in [0.717, 1.165) is 26.4 Å². The molecule has 4 fully saturated rings. The van der Waals surface area contributed by atoms with E-state index in [9.17, 15) is 0 Å². The summed E-state index contributed by atoms with van der Waals surface area (Å²) < 4.78 is 44.4. The van der Waals surface area contributed by atoms with Gasteiger partial charge in [0.05, 0.1) is 84.7 Å². The second-order valence-corrected chi connectivity index (χ2v) is 8.90. The van der Waals surface area contributed by atoms with Crippen molar-refractivity contribution in [2.24, 2.45) is 5.41 Å². The van der Waals surface area contributed by atoms with E-state index >= 15 is 0 Å². The van der Waals surface area contributed by atoms with Gasteiger partial charge in [-0.05, 0) is 12.1 Å². The summed E-state index contributed by atoms with van der Waals surface area (Å²) >= 11 is 0. The molecule has 0 amide bonds. The predicted molar refractivity (Wildman–Crippen MR) is 114 cm³/mol. The fourth-order valence-electron chi connectivity index (χ4n) is 3.03. The Morgan fingerprint density at radius 2 is 0.939 bits per heavy atom. The Balaban J connectivity index is 0.000000275. The molecule has 0 bridgehead atoms. The average molecular weight is 471 g/mol. The third-order valence-electron chi connectivity index (χ3n) is 5.29. The Hall–Kier alpha value is -1.50. The smallest absolute Gasteiger partial charge is 0.119 e. The van der Waals surface area contributed by atoms with Gasteiger partial charge in [0.1, 0.15) is 35.9 Å². The zero-order valence-electron chi connectivity index (χ0n) is 18.8. The molecule has 5 rings (SSSR count). The fraction of sp³-hybridized carbons (Fsp3) is 0.739. The molecule has 1 aromatic rings. The molecule has 2 N–H and O–H groups in total. The average Bonchev–Trinajstić information content (AvgIpc) is 3.61. The number of phenols is 2. The van der Waals surface area contributed by atoms with Crippen LogP contribution >= 0.6 is 0 Å². The van der Waals surface area contributed by atoms with Crippen LogP contribution in [0.3, 0.4) is 0 Å². The first-order valence-corrected chi connectivity index (χ1v) is 11.4. The van der Waals surface area contributed by atoms with Gasteiger partial charge in [0.15, 0.2) is 0 Å². The van der Waals surface area contributed by atoms with Gasteiger partial charge in [0, 0.05) is 6.07 Å². The molecule has 0 aromatic heterocycles. The predicted octanol–water partition coefficient (Wildman–Crippen LogP) is 0.732. The molecule has 186 valence electrons. The number of aromatic hydroxyl groups is 2. The van der Waals surface area contributed by atoms with Crippen molar-refractivity contribution >= 4 is 0 Å². The van der Waals surface area contributed by atoms with Gasteiger partial charge >= 0.3 is 0 Å². The molecule has 0 radical (unpaired) electrons. The molecule has 1 aromatic carbocycles. The van der Waals surface area contributed by atoms with Gasteiger partial charge < -0.3 is 48.1 Å². The van der Waals surface area contributed by atoms with Gasteiger partial charge in [-0.1, -0.05) is 6.07 Å². The summed E-state index contributed by atoms with van der Waals surface area (Å²) in [5, 5.41) is 17.3. The number of hydrogen-bond acceptors (Lipinski definition) is 10. The number of benzene rings is 1. The molecule has 4 atom stereocenters. The highest BCUT2D eigenvalue weighted by Gasteiger charge is 2.36. The maximum Gasteiger partial charge on any atom is 0.119 e. The maximum absolute atomic E-state index is 8.65. The molecule has 4 aliphatic rings. The van der Waals surface area contributed by atoms with Crippen LogP contribution in [0.25, 0.3) is 0 Å². The highest BCUT2D eigenvalue weighted by Crippen LogP contribution is 2.24. The first kappa shape index (κ1) is 24.6. The largest absolute Gasteiger partial charge is 0.508 e. The first-order valence-electron chi connectivity index (χ1n) is 11.4. The van der Waals surface area contributed by atoms with Crippen LogP contribution in [0.2, 0.25) is 0 Å². The molecule has 4 saturated heterocycles. The molecule has 0 spiro atoms. The second-order valence-electron chi connectivity index (χ2n) is 8.90. The van der Waals surface area contributed by atoms with Gasteiger partial charge in [-0.25, -0.2) is 0 Å². The minimum Gasteiger partial charge on any atom is -0.508 e. The van der Waals surface area contributed by atoms with Crippen LogP contribution in [0.1, 0.15) is 0 Å². The fourth-order valence-corrected chi connectivity index (χ4v) is 3.03. The van der Waals surface area contributed by atoms with Gasteiger partial charge in [-0.15, -0.1) is 0 Å². The standard InChI is InChI=1S/C17H28O8.C6H6O2/c1(13-5-22-13)18-9-17(10-19-2-14-6-23-14,11-20-3-15-7-24-15)12-21-4-16-8-25-16;7-5-2-1-3-6(8)4-5/h13-16H,1-12H2;1-4,7-8H. The molecule has 0 aliphatic carbocycles. The van der Waals surface area contributed by atoms with Crippen molar-refractivity contribution < 1.29 is 48.1 Å². The van der Waals surface area contributed by atoms with Crippen molar-refractivity contribution in [2.45, 2.75) is 24.4 Å². The number of ether oxygens (including phenoxy) is 8. The second kappa shape index (κ2) is 12.3. The van der Waals surface area contributed by atoms with E-state index in [1.165, 1.54) is 18.2 Å². The zero-order chi connectivity index (χ0) is 22.9. The van der Waals surface area contributed by atoms with Crippen molar-refractivity contribution in [3.8, 4) is 11.5 Å². The molecule has 33 heavy (non-hydrogen) atoms. The van der Waals surface area contributed by atoms with Crippen molar-refractivity contribution in [3.63, 3.8) is 0 Å². The summed E-state index contributed by atoms with van der Waals surface area (Å²) in [5.74, 6) is 0.176. The number of phenolic OH excluding ortho intramolecular Hbond substituents is 2. The van der Waals surface area contributed by atoms with E-state index in [2.05, 4.69) is 0 Å². The molecular weight excluding hydrogens is 436 g/mol. The highest BCUT2D eigenvalue weighted by atomic mass is 16.6. The summed E-state index contributed by atoms with van der Waals surface area (Å²) in [5.41, 5.74) is -0.354. The van der Waals surface area contributed by atoms with Crippen molar-refractivity contribution in [1.82, 2.24) is 0 Å². The van der Waals surface area contributed by atoms with Crippen LogP contribution in [-0.2, 0) is 37.9 Å². The number of epoxide rings is 4. The van der Waals surface area contributed by atoms with Gasteiger partial charge in [0.25, 0.3) is 0 Å². The lowest BCUT2D eigenvalue weighted by atomic mass is 9.92. The SMILES string of the molecule is C(OCC(COCC1CO1)(COCC1CO1)COCC1CO1)C1CO1.Oc1cccc(O)c1. The van der Waals surface area contributed by atoms with Crippen LogP contribution in [0, 0.1) is 5.41 Å². The van der Waals surface area contributed by atoms with Crippen LogP contribution in [-0.4, -0.2) is 114 Å². The van der Waals surface area contributed by atoms with Crippen molar-refractivity contribution in [1.29, 1.82) is 0 Å². The minimum absolute atomic E-state index is 0.0880. The van der Waals surface area contributed by atoms with E-state index in [-0.39, 0.29) is 41.3 Å². The third-order valence-corrected chi connectivity index (χ3v) is 5.29. The van der Waals surface area contributed by atoms with Crippen molar-refractivity contribution in [3.05, 3.63) is 24.3 Å². The van der Waals surface area contributed by atoms with E-state index in [4.69, 9.17) is 48.1 Å². The first-order chi connectivity index (χ1) is 16.1. The molecule has 4 aliphatic heterocycles. The summed E-state index contributed by atoms with van der Waals surface area (Å²) in [6, 6.07) is 5.85. The zero-order valence-corrected chi connectivity index (χ0v) is 18.8. The monoisotopic (exact) mass is 470 g/mol. The lowest BCUT2D eigenvalue weighted by Crippen LogP contribution is -2.43. The van der Waals surface area contributed by atoms with Gasteiger partial charge in [-0.2, -0.15) is 0 Å². The topological polar surface area (TPSA) is 128 Å². The Morgan fingerprint density at radius 3 is 1.15 bits per heavy atom. The summed E-state index contributed by atoms with van der Waals surface area (Å²) in [4.78, 5) is 0. The maximum atomic E-state index is 8.65. The Bertz CT molecular complexity index is 605. The van der Waals surface area contributed by atoms with Gasteiger partial charge in [-0.3, -0.25) is 0 Å². The third kappa shape index (κ3) is 10.5. The van der Waals surface area contributed by atoms with E-state index in [1.54, 1.807) is 6.07 Å². The van der Waals surface area contributed by atoms with Crippen LogP contribution in [0.15, 0.2) is 24.3 Å². The van der Waals surface area contributed by atoms with Crippen LogP contribution in [0.4, 0.5) is 0 Å². The van der Waals surface area contributed by atoms with Crippen LogP contribution in [0.5, 0.6) is 11.5 Å². The lowest BCUT2D eigenvalue weighted by molar-refractivity contribution is -0.111. The van der Waals surface area contributed by atoms with Crippen LogP contribution < -0.4 is 0 Å². The van der Waals surface area contributed by atoms with E-state index in [0.29, 0.717) is 52.9 Å². The quantitative estimate of drug-likeness (QED) is 0.334. The van der Waals surface area contributed by atoms with Crippen molar-refractivity contribution in [2.75, 3.05) is 79.3 Å². The lowest BCUT2D eigenvalue weighted by Gasteiger charge is -2.32. The molecular formula is C23H34O10. The summed E-state index contributed by atoms with van der Waals surface area (Å²) in [7, 11) is 0. The molecule has 10 heteroatoms. The Morgan fingerprint density at radius 1 is 0.636 bits per heavy atom. The van der Waals surface area contributed by atoms with Gasteiger partial charge in [0.2, 0.25) is 0 Å². The number of hydrogen-bond donors (Lipinski definition) is 2. The van der Waals surface area contributed by atoms with E-state index < -0.39 is 0 Å². The molecule has 4 unspecified atom stereocenters.